The summed E-state index contributed by atoms with van der Waals surface area (Å²) in [4.78, 5) is 9.69. The first-order chi connectivity index (χ1) is 16.5. The number of guanidine groups is 2. The highest BCUT2D eigenvalue weighted by molar-refractivity contribution is 6.07. The van der Waals surface area contributed by atoms with Gasteiger partial charge in [-0.15, -0.1) is 0 Å². The highest BCUT2D eigenvalue weighted by Gasteiger charge is 2.34. The average Bonchev–Trinajstić information content (AvgIpc) is 3.10. The Labute approximate surface area is 198 Å². The fraction of sp³-hybridized carbons (Fsp3) is 0.360. The maximum absolute atomic E-state index is 14.3. The van der Waals surface area contributed by atoms with Crippen molar-refractivity contribution in [2.24, 2.45) is 15.7 Å². The van der Waals surface area contributed by atoms with Gasteiger partial charge in [0.15, 0.2) is 11.6 Å². The number of para-hydroxylation sites is 1. The first-order valence-corrected chi connectivity index (χ1v) is 11.7. The maximum Gasteiger partial charge on any atom is 0.275 e. The number of fused-ring (bicyclic) bond motifs is 1. The van der Waals surface area contributed by atoms with Crippen molar-refractivity contribution >= 4 is 28.5 Å². The summed E-state index contributed by atoms with van der Waals surface area (Å²) in [6.45, 7) is 0. The molecular formula is C25H30FN7O. The molecule has 5 N–H and O–H groups in total. The third-order valence-corrected chi connectivity index (χ3v) is 6.34. The molecule has 0 bridgehead atoms. The minimum Gasteiger partial charge on any atom is -0.494 e. The minimum absolute atomic E-state index is 0.174. The highest BCUT2D eigenvalue weighted by Crippen LogP contribution is 2.25. The van der Waals surface area contributed by atoms with Crippen molar-refractivity contribution in [3.05, 3.63) is 60.5 Å². The van der Waals surface area contributed by atoms with Crippen LogP contribution in [-0.2, 0) is 5.91 Å². The molecule has 5 rings (SSSR count). The lowest BCUT2D eigenvalue weighted by atomic mass is 10.1. The lowest BCUT2D eigenvalue weighted by molar-refractivity contribution is 0.282. The van der Waals surface area contributed by atoms with Crippen LogP contribution >= 0.6 is 0 Å². The van der Waals surface area contributed by atoms with Gasteiger partial charge < -0.3 is 15.4 Å². The highest BCUT2D eigenvalue weighted by atomic mass is 19.1. The van der Waals surface area contributed by atoms with Crippen LogP contribution < -0.4 is 26.4 Å². The number of hydrogen-bond acceptors (Lipinski definition) is 5. The molecule has 2 aromatic carbocycles. The van der Waals surface area contributed by atoms with Gasteiger partial charge in [0.25, 0.3) is 5.91 Å². The zero-order valence-corrected chi connectivity index (χ0v) is 19.2. The van der Waals surface area contributed by atoms with E-state index in [2.05, 4.69) is 16.0 Å². The van der Waals surface area contributed by atoms with Gasteiger partial charge in [0.05, 0.1) is 18.7 Å². The summed E-state index contributed by atoms with van der Waals surface area (Å²) in [7, 11) is 1.43. The third-order valence-electron chi connectivity index (χ3n) is 6.34. The molecule has 2 heterocycles. The number of halogens is 1. The predicted octanol–water partition coefficient (Wildman–Crippen LogP) is 4.06. The maximum atomic E-state index is 14.3. The SMILES string of the molecule is COc1ccc(NC2=NC(N)(n3ccc4ccccc43)NC(=NC3CCCCCC3)N2)cc1F. The average molecular weight is 464 g/mol. The van der Waals surface area contributed by atoms with Gasteiger partial charge in [0, 0.05) is 18.0 Å². The molecule has 34 heavy (non-hydrogen) atoms. The van der Waals surface area contributed by atoms with Gasteiger partial charge in [-0.3, -0.25) is 15.6 Å². The molecule has 0 amide bonds. The zero-order valence-electron chi connectivity index (χ0n) is 19.2. The van der Waals surface area contributed by atoms with Crippen LogP contribution in [0.15, 0.2) is 64.7 Å². The number of rotatable bonds is 4. The summed E-state index contributed by atoms with van der Waals surface area (Å²) in [5.41, 5.74) is 8.30. The molecular weight excluding hydrogens is 433 g/mol. The molecule has 0 radical (unpaired) electrons. The Morgan fingerprint density at radius 1 is 1.15 bits per heavy atom. The van der Waals surface area contributed by atoms with Gasteiger partial charge >= 0.3 is 0 Å². The molecule has 1 saturated carbocycles. The Bertz CT molecular complexity index is 1230. The summed E-state index contributed by atoms with van der Waals surface area (Å²) in [6.07, 6.45) is 8.82. The number of nitrogens with one attached hydrogen (secondary N) is 3. The smallest absolute Gasteiger partial charge is 0.275 e. The van der Waals surface area contributed by atoms with Crippen molar-refractivity contribution in [1.82, 2.24) is 15.2 Å². The summed E-state index contributed by atoms with van der Waals surface area (Å²) in [5, 5.41) is 10.7. The number of aliphatic imine (C=N–C) groups is 2. The Balaban J connectivity index is 1.51. The second-order valence-corrected chi connectivity index (χ2v) is 8.78. The van der Waals surface area contributed by atoms with Crippen LogP contribution in [0.4, 0.5) is 10.1 Å². The van der Waals surface area contributed by atoms with Crippen LogP contribution in [-0.4, -0.2) is 29.6 Å². The van der Waals surface area contributed by atoms with E-state index in [1.165, 1.54) is 38.9 Å². The molecule has 0 saturated heterocycles. The molecule has 178 valence electrons. The van der Waals surface area contributed by atoms with E-state index in [0.29, 0.717) is 17.6 Å². The summed E-state index contributed by atoms with van der Waals surface area (Å²) < 4.78 is 21.2. The van der Waals surface area contributed by atoms with Crippen molar-refractivity contribution in [1.29, 1.82) is 0 Å². The zero-order chi connectivity index (χ0) is 23.5. The fourth-order valence-electron chi connectivity index (χ4n) is 4.61. The Kier molecular flexibility index (Phi) is 6.10. The van der Waals surface area contributed by atoms with Crippen LogP contribution in [0.5, 0.6) is 5.75 Å². The number of benzene rings is 2. The van der Waals surface area contributed by atoms with Crippen molar-refractivity contribution in [3.63, 3.8) is 0 Å². The number of anilines is 1. The van der Waals surface area contributed by atoms with Crippen molar-refractivity contribution in [3.8, 4) is 5.75 Å². The van der Waals surface area contributed by atoms with Crippen molar-refractivity contribution in [2.75, 3.05) is 12.4 Å². The first-order valence-electron chi connectivity index (χ1n) is 11.7. The predicted molar refractivity (Wildman–Crippen MR) is 133 cm³/mol. The number of nitrogens with zero attached hydrogens (tertiary/aromatic N) is 3. The molecule has 1 fully saturated rings. The molecule has 1 aliphatic carbocycles. The molecule has 8 nitrogen and oxygen atoms in total. The van der Waals surface area contributed by atoms with Gasteiger partial charge in [-0.1, -0.05) is 43.9 Å². The van der Waals surface area contributed by atoms with Gasteiger partial charge in [0.1, 0.15) is 0 Å². The van der Waals surface area contributed by atoms with Gasteiger partial charge in [-0.05, 0) is 42.5 Å². The summed E-state index contributed by atoms with van der Waals surface area (Å²) in [5.74, 6) is -0.710. The Morgan fingerprint density at radius 3 is 2.71 bits per heavy atom. The standard InChI is InChI=1S/C25H30FN7O/c1-34-22-13-12-19(16-20(22)26)29-24-30-23(28-18-9-4-2-3-5-10-18)31-25(27,32-24)33-15-14-17-8-6-7-11-21(17)33/h6-8,11-16,18H,2-5,9-10,27H2,1H3,(H3,28,29,30,31,32). The molecule has 1 atom stereocenters. The Morgan fingerprint density at radius 2 is 1.94 bits per heavy atom. The first kappa shape index (κ1) is 22.2. The quantitative estimate of drug-likeness (QED) is 0.437. The van der Waals surface area contributed by atoms with E-state index in [1.54, 1.807) is 12.1 Å². The van der Waals surface area contributed by atoms with E-state index < -0.39 is 11.7 Å². The molecule has 1 aromatic heterocycles. The molecule has 9 heteroatoms. The lowest BCUT2D eigenvalue weighted by Crippen LogP contribution is -2.65. The molecule has 2 aliphatic rings. The fourth-order valence-corrected chi connectivity index (χ4v) is 4.61. The van der Waals surface area contributed by atoms with Crippen LogP contribution in [0, 0.1) is 5.82 Å². The second-order valence-electron chi connectivity index (χ2n) is 8.78. The number of aromatic nitrogens is 1. The van der Waals surface area contributed by atoms with E-state index in [1.807, 2.05) is 41.1 Å². The summed E-state index contributed by atoms with van der Waals surface area (Å²) >= 11 is 0. The number of methoxy groups -OCH3 is 1. The van der Waals surface area contributed by atoms with Gasteiger partial charge in [0.2, 0.25) is 11.9 Å². The molecule has 0 spiro atoms. The van der Waals surface area contributed by atoms with E-state index in [9.17, 15) is 4.39 Å². The number of nitrogens with two attached hydrogens (primary N) is 1. The lowest BCUT2D eigenvalue weighted by Gasteiger charge is -2.35. The van der Waals surface area contributed by atoms with E-state index in [0.717, 1.165) is 23.7 Å². The topological polar surface area (TPSA) is 101 Å². The van der Waals surface area contributed by atoms with Crippen molar-refractivity contribution in [2.45, 2.75) is 50.5 Å². The monoisotopic (exact) mass is 463 g/mol. The molecule has 1 aliphatic heterocycles. The number of hydrogen-bond donors (Lipinski definition) is 4. The van der Waals surface area contributed by atoms with Crippen LogP contribution in [0.1, 0.15) is 38.5 Å². The largest absolute Gasteiger partial charge is 0.494 e. The number of ether oxygens (including phenoxy) is 1. The summed E-state index contributed by atoms with van der Waals surface area (Å²) in [6, 6.07) is 14.8. The Hall–Kier alpha value is -3.59. The van der Waals surface area contributed by atoms with Crippen LogP contribution in [0.2, 0.25) is 0 Å². The normalized spacial score (nSPS) is 22.6. The van der Waals surface area contributed by atoms with Gasteiger partial charge in [-0.2, -0.15) is 4.99 Å². The second kappa shape index (κ2) is 9.34. The van der Waals surface area contributed by atoms with Crippen LogP contribution in [0.25, 0.3) is 10.9 Å². The molecule has 3 aromatic rings. The molecule has 1 unspecified atom stereocenters. The van der Waals surface area contributed by atoms with E-state index in [4.69, 9.17) is 20.5 Å². The third kappa shape index (κ3) is 4.56. The minimum atomic E-state index is -1.33. The van der Waals surface area contributed by atoms with Crippen LogP contribution in [0.3, 0.4) is 0 Å². The van der Waals surface area contributed by atoms with E-state index in [-0.39, 0.29) is 11.8 Å². The van der Waals surface area contributed by atoms with Gasteiger partial charge in [-0.25, -0.2) is 9.38 Å². The van der Waals surface area contributed by atoms with E-state index >= 15 is 0 Å². The van der Waals surface area contributed by atoms with Crippen molar-refractivity contribution < 1.29 is 9.13 Å².